The van der Waals surface area contributed by atoms with Crippen molar-refractivity contribution in [3.05, 3.63) is 12.2 Å². The number of imidazole rings is 1. The highest BCUT2D eigenvalue weighted by Crippen LogP contribution is 2.29. The highest BCUT2D eigenvalue weighted by atomic mass is 16.2. The van der Waals surface area contributed by atoms with Crippen LogP contribution in [0.5, 0.6) is 0 Å². The Morgan fingerprint density at radius 2 is 1.77 bits per heavy atom. The lowest BCUT2D eigenvalue weighted by atomic mass is 9.96. The second kappa shape index (κ2) is 8.90. The third-order valence-electron chi connectivity index (χ3n) is 7.17. The molecule has 1 aliphatic carbocycles. The van der Waals surface area contributed by atoms with E-state index in [9.17, 15) is 4.79 Å². The van der Waals surface area contributed by atoms with Gasteiger partial charge in [0, 0.05) is 32.1 Å². The quantitative estimate of drug-likeness (QED) is 0.783. The normalized spacial score (nSPS) is 23.6. The molecule has 1 amide bonds. The van der Waals surface area contributed by atoms with Crippen LogP contribution in [-0.2, 0) is 17.8 Å². The second-order valence-corrected chi connectivity index (χ2v) is 9.34. The number of carbonyl (C=O) groups excluding carboxylic acids is 1. The number of hydrogen-bond acceptors (Lipinski definition) is 5. The van der Waals surface area contributed by atoms with Crippen molar-refractivity contribution in [2.45, 2.75) is 89.6 Å². The van der Waals surface area contributed by atoms with Crippen LogP contribution in [0.3, 0.4) is 0 Å². The zero-order valence-corrected chi connectivity index (χ0v) is 18.0. The zero-order chi connectivity index (χ0) is 20.3. The lowest BCUT2D eigenvalue weighted by Crippen LogP contribution is -2.46. The van der Waals surface area contributed by atoms with Crippen LogP contribution in [0.25, 0.3) is 11.2 Å². The van der Waals surface area contributed by atoms with Crippen molar-refractivity contribution < 1.29 is 4.79 Å². The number of piperidine rings is 1. The molecular formula is C23H34N6O. The summed E-state index contributed by atoms with van der Waals surface area (Å²) in [6.45, 7) is 2.66. The molecule has 1 N–H and O–H groups in total. The molecule has 1 saturated carbocycles. The Bertz CT molecular complexity index is 885. The SMILES string of the molecule is O=C(NC1CCCCCC1)C1CCCN(c2ncnc3c2nc2n3CCCCC2)C1. The van der Waals surface area contributed by atoms with E-state index in [1.54, 1.807) is 6.33 Å². The molecule has 0 radical (unpaired) electrons. The van der Waals surface area contributed by atoms with Crippen molar-refractivity contribution in [2.24, 2.45) is 5.92 Å². The van der Waals surface area contributed by atoms with Gasteiger partial charge in [0.1, 0.15) is 12.2 Å². The first-order valence-corrected chi connectivity index (χ1v) is 12.0. The largest absolute Gasteiger partial charge is 0.354 e. The summed E-state index contributed by atoms with van der Waals surface area (Å²) in [6, 6.07) is 0.366. The van der Waals surface area contributed by atoms with Crippen LogP contribution >= 0.6 is 0 Å². The maximum atomic E-state index is 13.0. The molecule has 2 aromatic heterocycles. The summed E-state index contributed by atoms with van der Waals surface area (Å²) in [4.78, 5) is 29.5. The van der Waals surface area contributed by atoms with E-state index >= 15 is 0 Å². The molecular weight excluding hydrogens is 376 g/mol. The van der Waals surface area contributed by atoms with E-state index in [1.165, 1.54) is 44.9 Å². The molecule has 2 fully saturated rings. The van der Waals surface area contributed by atoms with Crippen LogP contribution < -0.4 is 10.2 Å². The van der Waals surface area contributed by atoms with Gasteiger partial charge in [-0.15, -0.1) is 0 Å². The van der Waals surface area contributed by atoms with Gasteiger partial charge in [-0.25, -0.2) is 15.0 Å². The van der Waals surface area contributed by atoms with E-state index in [0.29, 0.717) is 6.04 Å². The molecule has 2 aliphatic heterocycles. The number of amides is 1. The van der Waals surface area contributed by atoms with Crippen molar-refractivity contribution in [2.75, 3.05) is 18.0 Å². The number of carbonyl (C=O) groups is 1. The van der Waals surface area contributed by atoms with Gasteiger partial charge in [0.25, 0.3) is 0 Å². The average molecular weight is 411 g/mol. The van der Waals surface area contributed by atoms with Gasteiger partial charge in [-0.3, -0.25) is 4.79 Å². The van der Waals surface area contributed by atoms with Crippen molar-refractivity contribution >= 4 is 22.9 Å². The fourth-order valence-corrected chi connectivity index (χ4v) is 5.48. The number of aryl methyl sites for hydroxylation is 2. The molecule has 0 bridgehead atoms. The molecule has 2 aromatic rings. The maximum absolute atomic E-state index is 13.0. The fourth-order valence-electron chi connectivity index (χ4n) is 5.48. The number of anilines is 1. The molecule has 1 saturated heterocycles. The minimum absolute atomic E-state index is 0.0347. The van der Waals surface area contributed by atoms with Gasteiger partial charge in [0.05, 0.1) is 5.92 Å². The minimum atomic E-state index is 0.0347. The summed E-state index contributed by atoms with van der Waals surface area (Å²) in [7, 11) is 0. The molecule has 5 rings (SSSR count). The first-order chi connectivity index (χ1) is 14.8. The predicted octanol–water partition coefficient (Wildman–Crippen LogP) is 3.61. The van der Waals surface area contributed by atoms with Crippen molar-refractivity contribution in [1.82, 2.24) is 24.8 Å². The molecule has 4 heterocycles. The van der Waals surface area contributed by atoms with E-state index in [2.05, 4.69) is 24.8 Å². The summed E-state index contributed by atoms with van der Waals surface area (Å²) in [5, 5.41) is 3.37. The van der Waals surface area contributed by atoms with Gasteiger partial charge in [-0.05, 0) is 38.5 Å². The van der Waals surface area contributed by atoms with Crippen molar-refractivity contribution in [1.29, 1.82) is 0 Å². The fraction of sp³-hybridized carbons (Fsp3) is 0.739. The molecule has 1 atom stereocenters. The average Bonchev–Trinajstić information content (AvgIpc) is 2.96. The first kappa shape index (κ1) is 19.8. The van der Waals surface area contributed by atoms with Gasteiger partial charge < -0.3 is 14.8 Å². The standard InChI is InChI=1S/C23H34N6O/c30-23(26-18-10-4-1-2-5-11-18)17-9-8-13-28(15-17)21-20-22(25-16-24-21)29-14-7-3-6-12-19(29)27-20/h16-18H,1-15H2,(H,26,30). The van der Waals surface area contributed by atoms with E-state index in [0.717, 1.165) is 74.5 Å². The topological polar surface area (TPSA) is 75.9 Å². The molecule has 30 heavy (non-hydrogen) atoms. The monoisotopic (exact) mass is 410 g/mol. The molecule has 0 spiro atoms. The van der Waals surface area contributed by atoms with Gasteiger partial charge in [0.2, 0.25) is 5.91 Å². The summed E-state index contributed by atoms with van der Waals surface area (Å²) < 4.78 is 2.29. The zero-order valence-electron chi connectivity index (χ0n) is 18.0. The van der Waals surface area contributed by atoms with Gasteiger partial charge >= 0.3 is 0 Å². The van der Waals surface area contributed by atoms with Gasteiger partial charge in [0.15, 0.2) is 17.0 Å². The number of hydrogen-bond donors (Lipinski definition) is 1. The Hall–Kier alpha value is -2.18. The summed E-state index contributed by atoms with van der Waals surface area (Å²) in [5.74, 6) is 2.32. The molecule has 7 heteroatoms. The summed E-state index contributed by atoms with van der Waals surface area (Å²) in [6.07, 6.45) is 15.7. The number of nitrogens with one attached hydrogen (secondary N) is 1. The third kappa shape index (κ3) is 4.03. The van der Waals surface area contributed by atoms with E-state index in [4.69, 9.17) is 4.98 Å². The Morgan fingerprint density at radius 1 is 0.933 bits per heavy atom. The summed E-state index contributed by atoms with van der Waals surface area (Å²) in [5.41, 5.74) is 1.88. The summed E-state index contributed by atoms with van der Waals surface area (Å²) >= 11 is 0. The minimum Gasteiger partial charge on any atom is -0.354 e. The second-order valence-electron chi connectivity index (χ2n) is 9.34. The van der Waals surface area contributed by atoms with Crippen molar-refractivity contribution in [3.63, 3.8) is 0 Å². The van der Waals surface area contributed by atoms with Crippen LogP contribution in [0.1, 0.15) is 76.5 Å². The number of nitrogens with zero attached hydrogens (tertiary/aromatic N) is 5. The van der Waals surface area contributed by atoms with Crippen LogP contribution in [0, 0.1) is 5.92 Å². The Balaban J connectivity index is 1.33. The highest BCUT2D eigenvalue weighted by Gasteiger charge is 2.30. The van der Waals surface area contributed by atoms with Gasteiger partial charge in [-0.2, -0.15) is 0 Å². The smallest absolute Gasteiger partial charge is 0.225 e. The molecule has 7 nitrogen and oxygen atoms in total. The Morgan fingerprint density at radius 3 is 2.63 bits per heavy atom. The van der Waals surface area contributed by atoms with E-state index in [-0.39, 0.29) is 11.8 Å². The maximum Gasteiger partial charge on any atom is 0.225 e. The lowest BCUT2D eigenvalue weighted by Gasteiger charge is -2.33. The number of fused-ring (bicyclic) bond motifs is 3. The van der Waals surface area contributed by atoms with Gasteiger partial charge in [-0.1, -0.05) is 32.1 Å². The lowest BCUT2D eigenvalue weighted by molar-refractivity contribution is -0.126. The Labute approximate surface area is 178 Å². The molecule has 3 aliphatic rings. The van der Waals surface area contributed by atoms with Crippen molar-refractivity contribution in [3.8, 4) is 0 Å². The van der Waals surface area contributed by atoms with Crippen LogP contribution in [0.2, 0.25) is 0 Å². The first-order valence-electron chi connectivity index (χ1n) is 12.0. The predicted molar refractivity (Wildman–Crippen MR) is 117 cm³/mol. The highest BCUT2D eigenvalue weighted by molar-refractivity contribution is 5.85. The number of rotatable bonds is 3. The third-order valence-corrected chi connectivity index (χ3v) is 7.17. The van der Waals surface area contributed by atoms with Crippen LogP contribution in [0.4, 0.5) is 5.82 Å². The van der Waals surface area contributed by atoms with E-state index in [1.807, 2.05) is 0 Å². The van der Waals surface area contributed by atoms with Crippen LogP contribution in [-0.4, -0.2) is 44.6 Å². The molecule has 162 valence electrons. The Kier molecular flexibility index (Phi) is 5.86. The number of aromatic nitrogens is 4. The van der Waals surface area contributed by atoms with E-state index < -0.39 is 0 Å². The molecule has 1 unspecified atom stereocenters. The molecule has 0 aromatic carbocycles. The van der Waals surface area contributed by atoms with Crippen LogP contribution in [0.15, 0.2) is 6.33 Å².